The molecule has 0 aromatic heterocycles. The summed E-state index contributed by atoms with van der Waals surface area (Å²) in [4.78, 5) is 27.3. The molecule has 38 heavy (non-hydrogen) atoms. The Morgan fingerprint density at radius 1 is 1.00 bits per heavy atom. The standard InChI is InChI=1S/C27H28N2O8S/c1-18-12-13-23(35-3)25(14-18)38(32,33)29(19-8-7-9-20(15-19)34-2)17-26(30)28-16-24(27(31)36-4)37-22-11-6-5-10-21(22)28/h5-15,24H,16-17H2,1-4H3/t24-/m0/s1. The second kappa shape index (κ2) is 11.0. The Labute approximate surface area is 221 Å². The number of para-hydroxylation sites is 2. The van der Waals surface area contributed by atoms with Crippen molar-refractivity contribution >= 4 is 33.3 Å². The van der Waals surface area contributed by atoms with Crippen LogP contribution in [-0.2, 0) is 24.3 Å². The van der Waals surface area contributed by atoms with Crippen molar-refractivity contribution in [3.8, 4) is 17.2 Å². The van der Waals surface area contributed by atoms with E-state index in [9.17, 15) is 18.0 Å². The van der Waals surface area contributed by atoms with Gasteiger partial charge in [0.2, 0.25) is 12.0 Å². The fourth-order valence-electron chi connectivity index (χ4n) is 4.12. The lowest BCUT2D eigenvalue weighted by Gasteiger charge is -2.35. The Hall–Kier alpha value is -4.25. The van der Waals surface area contributed by atoms with Gasteiger partial charge in [-0.2, -0.15) is 0 Å². The van der Waals surface area contributed by atoms with E-state index >= 15 is 0 Å². The van der Waals surface area contributed by atoms with Gasteiger partial charge in [0, 0.05) is 6.07 Å². The summed E-state index contributed by atoms with van der Waals surface area (Å²) >= 11 is 0. The quantitative estimate of drug-likeness (QED) is 0.401. The number of esters is 1. The maximum atomic E-state index is 14.1. The van der Waals surface area contributed by atoms with E-state index in [-0.39, 0.29) is 22.9 Å². The first-order chi connectivity index (χ1) is 18.2. The normalized spacial score (nSPS) is 14.6. The number of carbonyl (C=O) groups is 2. The van der Waals surface area contributed by atoms with Crippen molar-refractivity contribution < 1.29 is 37.0 Å². The van der Waals surface area contributed by atoms with Gasteiger partial charge in [-0.15, -0.1) is 0 Å². The first-order valence-electron chi connectivity index (χ1n) is 11.6. The molecule has 1 heterocycles. The van der Waals surface area contributed by atoms with Gasteiger partial charge in [0.25, 0.3) is 10.0 Å². The number of benzene rings is 3. The number of ether oxygens (including phenoxy) is 4. The molecule has 4 rings (SSSR count). The molecule has 0 aliphatic carbocycles. The highest BCUT2D eigenvalue weighted by Gasteiger charge is 2.37. The molecule has 1 amide bonds. The van der Waals surface area contributed by atoms with Crippen LogP contribution in [0.5, 0.6) is 17.2 Å². The number of aryl methyl sites for hydroxylation is 1. The third-order valence-electron chi connectivity index (χ3n) is 6.05. The summed E-state index contributed by atoms with van der Waals surface area (Å²) in [5.74, 6) is -0.377. The molecular weight excluding hydrogens is 512 g/mol. The zero-order valence-electron chi connectivity index (χ0n) is 21.4. The Balaban J connectivity index is 1.79. The van der Waals surface area contributed by atoms with E-state index in [1.54, 1.807) is 61.5 Å². The monoisotopic (exact) mass is 540 g/mol. The fraction of sp³-hybridized carbons (Fsp3) is 0.259. The molecule has 0 spiro atoms. The Bertz CT molecular complexity index is 1460. The van der Waals surface area contributed by atoms with Crippen LogP contribution in [0.2, 0.25) is 0 Å². The minimum Gasteiger partial charge on any atom is -0.497 e. The van der Waals surface area contributed by atoms with Gasteiger partial charge in [-0.3, -0.25) is 9.10 Å². The van der Waals surface area contributed by atoms with Crippen LogP contribution in [0, 0.1) is 6.92 Å². The highest BCUT2D eigenvalue weighted by Crippen LogP contribution is 2.35. The molecule has 1 atom stereocenters. The van der Waals surface area contributed by atoms with Crippen molar-refractivity contribution in [3.63, 3.8) is 0 Å². The summed E-state index contributed by atoms with van der Waals surface area (Å²) in [7, 11) is -0.241. The van der Waals surface area contributed by atoms with Gasteiger partial charge in [0.1, 0.15) is 28.7 Å². The van der Waals surface area contributed by atoms with Crippen LogP contribution in [0.25, 0.3) is 0 Å². The van der Waals surface area contributed by atoms with Crippen LogP contribution in [0.15, 0.2) is 71.6 Å². The molecule has 0 fully saturated rings. The number of anilines is 2. The topological polar surface area (TPSA) is 112 Å². The number of hydrogen-bond acceptors (Lipinski definition) is 8. The van der Waals surface area contributed by atoms with Crippen LogP contribution in [-0.4, -0.2) is 60.8 Å². The summed E-state index contributed by atoms with van der Waals surface area (Å²) in [6.07, 6.45) is -1.07. The molecule has 0 radical (unpaired) electrons. The lowest BCUT2D eigenvalue weighted by molar-refractivity contribution is -0.148. The van der Waals surface area contributed by atoms with E-state index in [0.717, 1.165) is 4.31 Å². The summed E-state index contributed by atoms with van der Waals surface area (Å²) < 4.78 is 50.4. The lowest BCUT2D eigenvalue weighted by Crippen LogP contribution is -2.51. The number of sulfonamides is 1. The van der Waals surface area contributed by atoms with Crippen LogP contribution >= 0.6 is 0 Å². The lowest BCUT2D eigenvalue weighted by atomic mass is 10.2. The SMILES string of the molecule is COC(=O)[C@@H]1CN(C(=O)CN(c2cccc(OC)c2)S(=O)(=O)c2cc(C)ccc2OC)c2ccccc2O1. The number of amides is 1. The second-order valence-electron chi connectivity index (χ2n) is 8.47. The van der Waals surface area contributed by atoms with Crippen molar-refractivity contribution in [3.05, 3.63) is 72.3 Å². The highest BCUT2D eigenvalue weighted by molar-refractivity contribution is 7.93. The number of nitrogens with zero attached hydrogens (tertiary/aromatic N) is 2. The van der Waals surface area contributed by atoms with E-state index in [2.05, 4.69) is 0 Å². The Kier molecular flexibility index (Phi) is 7.77. The van der Waals surface area contributed by atoms with Crippen molar-refractivity contribution in [2.24, 2.45) is 0 Å². The Morgan fingerprint density at radius 2 is 1.76 bits per heavy atom. The molecule has 0 N–H and O–H groups in total. The van der Waals surface area contributed by atoms with Crippen molar-refractivity contribution in [2.75, 3.05) is 43.6 Å². The molecule has 11 heteroatoms. The van der Waals surface area contributed by atoms with Gasteiger partial charge in [-0.05, 0) is 48.9 Å². The number of rotatable bonds is 8. The van der Waals surface area contributed by atoms with Gasteiger partial charge in [-0.25, -0.2) is 13.2 Å². The van der Waals surface area contributed by atoms with E-state index < -0.39 is 34.5 Å². The summed E-state index contributed by atoms with van der Waals surface area (Å²) in [5, 5.41) is 0. The van der Waals surface area contributed by atoms with Gasteiger partial charge in [-0.1, -0.05) is 24.3 Å². The number of hydrogen-bond donors (Lipinski definition) is 0. The maximum absolute atomic E-state index is 14.1. The molecule has 1 aliphatic rings. The predicted octanol–water partition coefficient (Wildman–Crippen LogP) is 3.17. The zero-order valence-corrected chi connectivity index (χ0v) is 22.2. The van der Waals surface area contributed by atoms with Gasteiger partial charge in [0.05, 0.1) is 39.2 Å². The molecule has 1 aliphatic heterocycles. The van der Waals surface area contributed by atoms with Crippen LogP contribution in [0.4, 0.5) is 11.4 Å². The van der Waals surface area contributed by atoms with E-state index in [1.807, 2.05) is 0 Å². The zero-order chi connectivity index (χ0) is 27.4. The van der Waals surface area contributed by atoms with Crippen molar-refractivity contribution in [1.82, 2.24) is 0 Å². The second-order valence-corrected chi connectivity index (χ2v) is 10.3. The van der Waals surface area contributed by atoms with Crippen molar-refractivity contribution in [2.45, 2.75) is 17.9 Å². The molecular formula is C27H28N2O8S. The van der Waals surface area contributed by atoms with E-state index in [0.29, 0.717) is 22.7 Å². The largest absolute Gasteiger partial charge is 0.497 e. The van der Waals surface area contributed by atoms with Gasteiger partial charge in [0.15, 0.2) is 0 Å². The summed E-state index contributed by atoms with van der Waals surface area (Å²) in [6, 6.07) is 17.9. The van der Waals surface area contributed by atoms with E-state index in [4.69, 9.17) is 18.9 Å². The van der Waals surface area contributed by atoms with Crippen molar-refractivity contribution in [1.29, 1.82) is 0 Å². The van der Waals surface area contributed by atoms with Gasteiger partial charge >= 0.3 is 5.97 Å². The number of carbonyl (C=O) groups excluding carboxylic acids is 2. The first kappa shape index (κ1) is 26.8. The average Bonchev–Trinajstić information content (AvgIpc) is 2.94. The molecule has 200 valence electrons. The van der Waals surface area contributed by atoms with Crippen LogP contribution < -0.4 is 23.4 Å². The number of methoxy groups -OCH3 is 3. The molecule has 0 bridgehead atoms. The minimum absolute atomic E-state index is 0.0922. The molecule has 0 saturated heterocycles. The molecule has 3 aromatic carbocycles. The third kappa shape index (κ3) is 5.23. The van der Waals surface area contributed by atoms with E-state index in [1.165, 1.54) is 38.4 Å². The number of fused-ring (bicyclic) bond motifs is 1. The smallest absolute Gasteiger partial charge is 0.348 e. The molecule has 10 nitrogen and oxygen atoms in total. The summed E-state index contributed by atoms with van der Waals surface area (Å²) in [5.41, 5.74) is 1.32. The average molecular weight is 541 g/mol. The van der Waals surface area contributed by atoms with Crippen LogP contribution in [0.3, 0.4) is 0 Å². The molecule has 0 saturated carbocycles. The van der Waals surface area contributed by atoms with Gasteiger partial charge < -0.3 is 23.8 Å². The summed E-state index contributed by atoms with van der Waals surface area (Å²) in [6.45, 7) is 1.04. The first-order valence-corrected chi connectivity index (χ1v) is 13.1. The molecule has 0 unspecified atom stereocenters. The molecule has 3 aromatic rings. The minimum atomic E-state index is -4.31. The fourth-order valence-corrected chi connectivity index (χ4v) is 5.77. The predicted molar refractivity (Wildman–Crippen MR) is 140 cm³/mol. The van der Waals surface area contributed by atoms with Crippen LogP contribution in [0.1, 0.15) is 5.56 Å². The maximum Gasteiger partial charge on any atom is 0.348 e. The highest BCUT2D eigenvalue weighted by atomic mass is 32.2. The third-order valence-corrected chi connectivity index (χ3v) is 7.84. The Morgan fingerprint density at radius 3 is 2.47 bits per heavy atom.